The standard InChI is InChI=1S/C8H16IN/c1-8-3-2-5-10(7-9)6-4-8/h8H,2-7H2,1H3. The molecule has 0 saturated carbocycles. The van der Waals surface area contributed by atoms with E-state index in [0.29, 0.717) is 0 Å². The Morgan fingerprint density at radius 2 is 2.20 bits per heavy atom. The summed E-state index contributed by atoms with van der Waals surface area (Å²) in [6.45, 7) is 5.02. The van der Waals surface area contributed by atoms with Crippen LogP contribution >= 0.6 is 22.6 Å². The minimum absolute atomic E-state index is 0.966. The molecule has 0 radical (unpaired) electrons. The van der Waals surface area contributed by atoms with Gasteiger partial charge in [0.1, 0.15) is 0 Å². The lowest BCUT2D eigenvalue weighted by atomic mass is 10.0. The van der Waals surface area contributed by atoms with Gasteiger partial charge in [0.05, 0.1) is 4.55 Å². The fourth-order valence-corrected chi connectivity index (χ4v) is 2.12. The van der Waals surface area contributed by atoms with Crippen LogP contribution in [0, 0.1) is 5.92 Å². The van der Waals surface area contributed by atoms with Crippen molar-refractivity contribution in [1.82, 2.24) is 4.90 Å². The van der Waals surface area contributed by atoms with Gasteiger partial charge < -0.3 is 0 Å². The summed E-state index contributed by atoms with van der Waals surface area (Å²) in [6.07, 6.45) is 4.25. The van der Waals surface area contributed by atoms with Gasteiger partial charge in [0, 0.05) is 0 Å². The topological polar surface area (TPSA) is 3.24 Å². The van der Waals surface area contributed by atoms with Crippen molar-refractivity contribution in [2.45, 2.75) is 26.2 Å². The van der Waals surface area contributed by atoms with Gasteiger partial charge in [-0.3, -0.25) is 4.90 Å². The maximum atomic E-state index is 2.55. The fourth-order valence-electron chi connectivity index (χ4n) is 1.44. The Hall–Kier alpha value is 0.690. The van der Waals surface area contributed by atoms with E-state index in [9.17, 15) is 0 Å². The quantitative estimate of drug-likeness (QED) is 0.394. The predicted molar refractivity (Wildman–Crippen MR) is 53.5 cm³/mol. The Bertz CT molecular complexity index is 95.3. The van der Waals surface area contributed by atoms with E-state index in [1.54, 1.807) is 0 Å². The summed E-state index contributed by atoms with van der Waals surface area (Å²) in [7, 11) is 0. The van der Waals surface area contributed by atoms with Crippen molar-refractivity contribution < 1.29 is 0 Å². The van der Waals surface area contributed by atoms with Crippen LogP contribution in [0.2, 0.25) is 0 Å². The Morgan fingerprint density at radius 3 is 2.90 bits per heavy atom. The van der Waals surface area contributed by atoms with Gasteiger partial charge in [0.2, 0.25) is 0 Å². The highest BCUT2D eigenvalue weighted by molar-refractivity contribution is 14.1. The largest absolute Gasteiger partial charge is 0.294 e. The molecule has 60 valence electrons. The van der Waals surface area contributed by atoms with Crippen LogP contribution < -0.4 is 0 Å². The molecule has 1 saturated heterocycles. The molecule has 2 heteroatoms. The maximum absolute atomic E-state index is 2.55. The second-order valence-corrected chi connectivity index (χ2v) is 3.96. The lowest BCUT2D eigenvalue weighted by molar-refractivity contribution is 0.337. The van der Waals surface area contributed by atoms with Crippen molar-refractivity contribution in [2.24, 2.45) is 5.92 Å². The molecule has 10 heavy (non-hydrogen) atoms. The number of rotatable bonds is 1. The summed E-state index contributed by atoms with van der Waals surface area (Å²) in [4.78, 5) is 2.55. The average Bonchev–Trinajstić information content (AvgIpc) is 2.14. The van der Waals surface area contributed by atoms with Crippen LogP contribution in [0.5, 0.6) is 0 Å². The van der Waals surface area contributed by atoms with Crippen molar-refractivity contribution in [2.75, 3.05) is 17.6 Å². The molecule has 1 aliphatic heterocycles. The molecule has 0 aliphatic carbocycles. The van der Waals surface area contributed by atoms with Gasteiger partial charge in [-0.25, -0.2) is 0 Å². The molecular weight excluding hydrogens is 237 g/mol. The van der Waals surface area contributed by atoms with E-state index in [1.807, 2.05) is 0 Å². The van der Waals surface area contributed by atoms with Crippen LogP contribution in [0.1, 0.15) is 26.2 Å². The highest BCUT2D eigenvalue weighted by Gasteiger charge is 2.11. The first-order valence-electron chi connectivity index (χ1n) is 4.11. The van der Waals surface area contributed by atoms with Crippen LogP contribution in [0.3, 0.4) is 0 Å². The Labute approximate surface area is 77.3 Å². The molecule has 0 amide bonds. The molecule has 0 bridgehead atoms. The van der Waals surface area contributed by atoms with Crippen molar-refractivity contribution in [3.05, 3.63) is 0 Å². The van der Waals surface area contributed by atoms with E-state index in [0.717, 1.165) is 5.92 Å². The molecule has 0 aromatic carbocycles. The third kappa shape index (κ3) is 2.74. The van der Waals surface area contributed by atoms with Crippen molar-refractivity contribution in [1.29, 1.82) is 0 Å². The lowest BCUT2D eigenvalue weighted by Crippen LogP contribution is -2.22. The van der Waals surface area contributed by atoms with E-state index in [2.05, 4.69) is 34.4 Å². The molecule has 0 N–H and O–H groups in total. The molecule has 1 fully saturated rings. The monoisotopic (exact) mass is 253 g/mol. The molecule has 0 aromatic rings. The highest BCUT2D eigenvalue weighted by atomic mass is 127. The fraction of sp³-hybridized carbons (Fsp3) is 1.00. The zero-order valence-electron chi connectivity index (χ0n) is 6.65. The molecule has 1 nitrogen and oxygen atoms in total. The summed E-state index contributed by atoms with van der Waals surface area (Å²) >= 11 is 2.46. The molecule has 1 unspecified atom stereocenters. The smallest absolute Gasteiger partial charge is 0.0505 e. The van der Waals surface area contributed by atoms with Crippen LogP contribution in [0.25, 0.3) is 0 Å². The van der Waals surface area contributed by atoms with Gasteiger partial charge in [-0.15, -0.1) is 0 Å². The first-order valence-corrected chi connectivity index (χ1v) is 5.64. The van der Waals surface area contributed by atoms with E-state index in [4.69, 9.17) is 0 Å². The number of nitrogens with zero attached hydrogens (tertiary/aromatic N) is 1. The van der Waals surface area contributed by atoms with E-state index in [-0.39, 0.29) is 0 Å². The van der Waals surface area contributed by atoms with Gasteiger partial charge in [0.25, 0.3) is 0 Å². The zero-order chi connectivity index (χ0) is 7.40. The van der Waals surface area contributed by atoms with E-state index >= 15 is 0 Å². The second-order valence-electron chi connectivity index (χ2n) is 3.27. The normalized spacial score (nSPS) is 30.0. The summed E-state index contributed by atoms with van der Waals surface area (Å²) < 4.78 is 1.21. The molecule has 1 aliphatic rings. The summed E-state index contributed by atoms with van der Waals surface area (Å²) in [5, 5.41) is 0. The van der Waals surface area contributed by atoms with Gasteiger partial charge in [-0.05, 0) is 38.3 Å². The zero-order valence-corrected chi connectivity index (χ0v) is 8.80. The number of halogens is 1. The Kier molecular flexibility index (Phi) is 3.99. The highest BCUT2D eigenvalue weighted by Crippen LogP contribution is 2.16. The summed E-state index contributed by atoms with van der Waals surface area (Å²) in [5.41, 5.74) is 0. The number of hydrogen-bond donors (Lipinski definition) is 0. The molecule has 0 aromatic heterocycles. The summed E-state index contributed by atoms with van der Waals surface area (Å²) in [6, 6.07) is 0. The molecule has 1 atom stereocenters. The van der Waals surface area contributed by atoms with Crippen molar-refractivity contribution >= 4 is 22.6 Å². The third-order valence-electron chi connectivity index (χ3n) is 2.28. The molecule has 1 rings (SSSR count). The molecular formula is C8H16IN. The average molecular weight is 253 g/mol. The Morgan fingerprint density at radius 1 is 1.40 bits per heavy atom. The van der Waals surface area contributed by atoms with Crippen LogP contribution in [-0.2, 0) is 0 Å². The van der Waals surface area contributed by atoms with Crippen LogP contribution in [0.15, 0.2) is 0 Å². The number of likely N-dealkylation sites (tertiary alicyclic amines) is 1. The third-order valence-corrected chi connectivity index (χ3v) is 3.24. The molecule has 1 heterocycles. The maximum Gasteiger partial charge on any atom is 0.0505 e. The predicted octanol–water partition coefficient (Wildman–Crippen LogP) is 2.50. The van der Waals surface area contributed by atoms with Gasteiger partial charge >= 0.3 is 0 Å². The SMILES string of the molecule is CC1CCCN(CI)CC1. The summed E-state index contributed by atoms with van der Waals surface area (Å²) in [5.74, 6) is 0.966. The first-order chi connectivity index (χ1) is 4.83. The van der Waals surface area contributed by atoms with Crippen LogP contribution in [-0.4, -0.2) is 22.5 Å². The van der Waals surface area contributed by atoms with E-state index in [1.165, 1.54) is 36.9 Å². The Balaban J connectivity index is 2.26. The first kappa shape index (κ1) is 8.78. The second kappa shape index (κ2) is 4.54. The number of alkyl halides is 1. The minimum Gasteiger partial charge on any atom is -0.294 e. The lowest BCUT2D eigenvalue weighted by Gasteiger charge is -2.15. The number of hydrogen-bond acceptors (Lipinski definition) is 1. The van der Waals surface area contributed by atoms with Gasteiger partial charge in [-0.1, -0.05) is 29.5 Å². The van der Waals surface area contributed by atoms with Crippen molar-refractivity contribution in [3.8, 4) is 0 Å². The van der Waals surface area contributed by atoms with Gasteiger partial charge in [-0.2, -0.15) is 0 Å². The van der Waals surface area contributed by atoms with Gasteiger partial charge in [0.15, 0.2) is 0 Å². The van der Waals surface area contributed by atoms with Crippen molar-refractivity contribution in [3.63, 3.8) is 0 Å². The molecule has 0 spiro atoms. The minimum atomic E-state index is 0.966. The van der Waals surface area contributed by atoms with E-state index < -0.39 is 0 Å². The van der Waals surface area contributed by atoms with Crippen LogP contribution in [0.4, 0.5) is 0 Å².